The minimum atomic E-state index is -0.680. The maximum atomic E-state index is 13.7. The van der Waals surface area contributed by atoms with E-state index in [2.05, 4.69) is 21.2 Å². The highest BCUT2D eigenvalue weighted by Crippen LogP contribution is 2.31. The number of aryl methyl sites for hydroxylation is 1. The fraction of sp³-hybridized carbons (Fsp3) is 0.0769. The quantitative estimate of drug-likeness (QED) is 0.650. The molecule has 1 N–H and O–H groups in total. The van der Waals surface area contributed by atoms with Crippen LogP contribution in [0.4, 0.5) is 25.8 Å². The molecule has 0 atom stereocenters. The molecule has 0 aliphatic carbocycles. The lowest BCUT2D eigenvalue weighted by atomic mass is 10.2. The first-order chi connectivity index (χ1) is 9.38. The third-order valence-corrected chi connectivity index (χ3v) is 3.17. The van der Waals surface area contributed by atoms with E-state index in [0.717, 1.165) is 12.1 Å². The van der Waals surface area contributed by atoms with Crippen molar-refractivity contribution in [1.82, 2.24) is 0 Å². The lowest BCUT2D eigenvalue weighted by Gasteiger charge is -2.09. The number of hydrogen-bond acceptors (Lipinski definition) is 3. The van der Waals surface area contributed by atoms with Crippen LogP contribution in [-0.2, 0) is 0 Å². The zero-order valence-electron chi connectivity index (χ0n) is 10.3. The van der Waals surface area contributed by atoms with Crippen LogP contribution < -0.4 is 5.32 Å². The van der Waals surface area contributed by atoms with Crippen molar-refractivity contribution in [1.29, 1.82) is 0 Å². The Balaban J connectivity index is 2.45. The molecule has 2 rings (SSSR count). The summed E-state index contributed by atoms with van der Waals surface area (Å²) in [7, 11) is 0. The lowest BCUT2D eigenvalue weighted by molar-refractivity contribution is -0.384. The highest BCUT2D eigenvalue weighted by Gasteiger charge is 2.16. The van der Waals surface area contributed by atoms with Crippen molar-refractivity contribution in [2.75, 3.05) is 5.32 Å². The highest BCUT2D eigenvalue weighted by atomic mass is 79.9. The number of anilines is 2. The summed E-state index contributed by atoms with van der Waals surface area (Å²) in [6, 6.07) is 6.26. The molecule has 2 aromatic carbocycles. The van der Waals surface area contributed by atoms with E-state index in [1.807, 2.05) is 0 Å². The van der Waals surface area contributed by atoms with E-state index in [1.165, 1.54) is 19.1 Å². The first kappa shape index (κ1) is 14.4. The minimum Gasteiger partial charge on any atom is -0.347 e. The molecule has 0 fully saturated rings. The van der Waals surface area contributed by atoms with Crippen LogP contribution in [0.25, 0.3) is 0 Å². The van der Waals surface area contributed by atoms with Gasteiger partial charge in [0.25, 0.3) is 5.69 Å². The van der Waals surface area contributed by atoms with Crippen molar-refractivity contribution < 1.29 is 13.7 Å². The Labute approximate surface area is 121 Å². The van der Waals surface area contributed by atoms with Crippen molar-refractivity contribution in [3.8, 4) is 0 Å². The number of halogens is 3. The van der Waals surface area contributed by atoms with E-state index in [9.17, 15) is 18.9 Å². The molecule has 0 heterocycles. The second-order valence-electron chi connectivity index (χ2n) is 4.12. The van der Waals surface area contributed by atoms with E-state index >= 15 is 0 Å². The zero-order chi connectivity index (χ0) is 14.9. The summed E-state index contributed by atoms with van der Waals surface area (Å²) in [4.78, 5) is 10.3. The summed E-state index contributed by atoms with van der Waals surface area (Å²) in [6.07, 6.45) is 0. The predicted octanol–water partition coefficient (Wildman–Crippen LogP) is 4.69. The lowest BCUT2D eigenvalue weighted by Crippen LogP contribution is -2.00. The maximum Gasteiger partial charge on any atom is 0.293 e. The van der Waals surface area contributed by atoms with Gasteiger partial charge in [0.2, 0.25) is 0 Å². The monoisotopic (exact) mass is 342 g/mol. The van der Waals surface area contributed by atoms with Gasteiger partial charge < -0.3 is 5.32 Å². The van der Waals surface area contributed by atoms with Crippen LogP contribution in [0.2, 0.25) is 0 Å². The topological polar surface area (TPSA) is 55.2 Å². The normalized spacial score (nSPS) is 10.4. The Hall–Kier alpha value is -2.02. The van der Waals surface area contributed by atoms with Crippen LogP contribution >= 0.6 is 15.9 Å². The molecule has 0 spiro atoms. The molecule has 0 unspecified atom stereocenters. The van der Waals surface area contributed by atoms with Gasteiger partial charge in [-0.2, -0.15) is 0 Å². The molecule has 0 radical (unpaired) electrons. The Morgan fingerprint density at radius 3 is 2.50 bits per heavy atom. The Kier molecular flexibility index (Phi) is 3.99. The van der Waals surface area contributed by atoms with Crippen LogP contribution in [0.1, 0.15) is 5.56 Å². The van der Waals surface area contributed by atoms with Crippen molar-refractivity contribution in [2.24, 2.45) is 0 Å². The van der Waals surface area contributed by atoms with Gasteiger partial charge in [-0.25, -0.2) is 8.78 Å². The van der Waals surface area contributed by atoms with Gasteiger partial charge >= 0.3 is 0 Å². The Bertz CT molecular complexity index is 692. The second kappa shape index (κ2) is 5.54. The van der Waals surface area contributed by atoms with Crippen molar-refractivity contribution in [2.45, 2.75) is 6.92 Å². The van der Waals surface area contributed by atoms with Gasteiger partial charge in [-0.05, 0) is 30.7 Å². The third kappa shape index (κ3) is 2.93. The SMILES string of the molecule is Cc1cc(F)c(Nc2ccc(Br)cc2[N+](=O)[O-])cc1F. The summed E-state index contributed by atoms with van der Waals surface area (Å²) >= 11 is 3.12. The molecule has 0 bridgehead atoms. The molecule has 4 nitrogen and oxygen atoms in total. The first-order valence-electron chi connectivity index (χ1n) is 5.55. The largest absolute Gasteiger partial charge is 0.347 e. The van der Waals surface area contributed by atoms with E-state index in [1.54, 1.807) is 6.07 Å². The van der Waals surface area contributed by atoms with Crippen LogP contribution in [-0.4, -0.2) is 4.92 Å². The van der Waals surface area contributed by atoms with E-state index < -0.39 is 16.6 Å². The molecule has 0 amide bonds. The van der Waals surface area contributed by atoms with Crippen molar-refractivity contribution >= 4 is 33.0 Å². The number of benzene rings is 2. The van der Waals surface area contributed by atoms with Crippen LogP contribution in [0, 0.1) is 28.7 Å². The van der Waals surface area contributed by atoms with Crippen LogP contribution in [0.5, 0.6) is 0 Å². The number of nitro groups is 1. The van der Waals surface area contributed by atoms with Crippen molar-refractivity contribution in [3.05, 3.63) is 62.1 Å². The van der Waals surface area contributed by atoms with E-state index in [-0.39, 0.29) is 22.6 Å². The number of nitrogens with zero attached hydrogens (tertiary/aromatic N) is 1. The Morgan fingerprint density at radius 1 is 1.15 bits per heavy atom. The molecule has 0 aliphatic rings. The van der Waals surface area contributed by atoms with Crippen LogP contribution in [0.3, 0.4) is 0 Å². The van der Waals surface area contributed by atoms with E-state index in [4.69, 9.17) is 0 Å². The number of rotatable bonds is 3. The standard InChI is InChI=1S/C13H9BrF2N2O2/c1-7-4-10(16)12(6-9(7)15)17-11-3-2-8(14)5-13(11)18(19)20/h2-6,17H,1H3. The summed E-state index contributed by atoms with van der Waals surface area (Å²) in [5.74, 6) is -1.27. The molecule has 104 valence electrons. The molecule has 20 heavy (non-hydrogen) atoms. The molecular formula is C13H9BrF2N2O2. The summed E-state index contributed by atoms with van der Waals surface area (Å²) in [5.41, 5.74) is -0.142. The van der Waals surface area contributed by atoms with Gasteiger partial charge in [-0.15, -0.1) is 0 Å². The first-order valence-corrected chi connectivity index (χ1v) is 6.34. The van der Waals surface area contributed by atoms with Gasteiger partial charge in [0, 0.05) is 16.6 Å². The average molecular weight is 343 g/mol. The molecule has 0 saturated carbocycles. The van der Waals surface area contributed by atoms with Gasteiger partial charge in [0.05, 0.1) is 10.6 Å². The average Bonchev–Trinajstić information content (AvgIpc) is 2.37. The minimum absolute atomic E-state index is 0.0837. The number of nitrogens with one attached hydrogen (secondary N) is 1. The summed E-state index contributed by atoms with van der Waals surface area (Å²) in [6.45, 7) is 1.43. The highest BCUT2D eigenvalue weighted by molar-refractivity contribution is 9.10. The molecule has 0 saturated heterocycles. The second-order valence-corrected chi connectivity index (χ2v) is 5.04. The van der Waals surface area contributed by atoms with Crippen molar-refractivity contribution in [3.63, 3.8) is 0 Å². The molecule has 2 aromatic rings. The van der Waals surface area contributed by atoms with E-state index in [0.29, 0.717) is 4.47 Å². The maximum absolute atomic E-state index is 13.7. The summed E-state index contributed by atoms with van der Waals surface area (Å²) < 4.78 is 27.7. The third-order valence-electron chi connectivity index (χ3n) is 2.67. The van der Waals surface area contributed by atoms with Gasteiger partial charge in [0.15, 0.2) is 0 Å². The van der Waals surface area contributed by atoms with Gasteiger partial charge in [0.1, 0.15) is 17.3 Å². The zero-order valence-corrected chi connectivity index (χ0v) is 11.9. The molecular weight excluding hydrogens is 334 g/mol. The number of hydrogen-bond donors (Lipinski definition) is 1. The number of nitro benzene ring substituents is 1. The molecule has 7 heteroatoms. The Morgan fingerprint density at radius 2 is 1.85 bits per heavy atom. The summed E-state index contributed by atoms with van der Waals surface area (Å²) in [5, 5.41) is 13.5. The predicted molar refractivity (Wildman–Crippen MR) is 75.2 cm³/mol. The van der Waals surface area contributed by atoms with Gasteiger partial charge in [-0.1, -0.05) is 15.9 Å². The molecule has 0 aliphatic heterocycles. The van der Waals surface area contributed by atoms with Gasteiger partial charge in [-0.3, -0.25) is 10.1 Å². The fourth-order valence-corrected chi connectivity index (χ4v) is 2.00. The smallest absolute Gasteiger partial charge is 0.293 e. The molecule has 0 aromatic heterocycles. The van der Waals surface area contributed by atoms with Crippen LogP contribution in [0.15, 0.2) is 34.8 Å². The fourth-order valence-electron chi connectivity index (χ4n) is 1.65.